The molecule has 0 aromatic carbocycles. The third-order valence-electron chi connectivity index (χ3n) is 1.16. The summed E-state index contributed by atoms with van der Waals surface area (Å²) in [5.41, 5.74) is 0. The van der Waals surface area contributed by atoms with Crippen molar-refractivity contribution in [1.82, 2.24) is 8.84 Å². The van der Waals surface area contributed by atoms with Gasteiger partial charge in [-0.2, -0.15) is 8.84 Å². The molecule has 12 heavy (non-hydrogen) atoms. The SMILES string of the molecule is O=C1C(Cl)C(=O)N(Cl)C(=O)N1Cl. The lowest BCUT2D eigenvalue weighted by Gasteiger charge is -2.25. The number of hydrogen-bond donors (Lipinski definition) is 0. The van der Waals surface area contributed by atoms with Crippen LogP contribution in [0, 0.1) is 0 Å². The molecule has 1 saturated heterocycles. The summed E-state index contributed by atoms with van der Waals surface area (Å²) < 4.78 is 0.318. The van der Waals surface area contributed by atoms with E-state index in [2.05, 4.69) is 0 Å². The van der Waals surface area contributed by atoms with Crippen LogP contribution in [0.1, 0.15) is 0 Å². The van der Waals surface area contributed by atoms with Gasteiger partial charge in [-0.3, -0.25) is 9.59 Å². The highest BCUT2D eigenvalue weighted by Crippen LogP contribution is 2.19. The summed E-state index contributed by atoms with van der Waals surface area (Å²) in [5, 5.41) is -1.53. The van der Waals surface area contributed by atoms with Gasteiger partial charge in [0.1, 0.15) is 0 Å². The fourth-order valence-corrected chi connectivity index (χ4v) is 1.25. The van der Waals surface area contributed by atoms with E-state index in [1.807, 2.05) is 0 Å². The monoisotopic (exact) mass is 230 g/mol. The van der Waals surface area contributed by atoms with Crippen LogP contribution in [-0.2, 0) is 9.59 Å². The molecule has 1 aliphatic heterocycles. The standard InChI is InChI=1S/C4HCl3N2O3/c5-1-2(10)8(6)4(12)9(7)3(1)11/h1H. The average Bonchev–Trinajstić information content (AvgIpc) is 2.08. The molecule has 0 atom stereocenters. The van der Waals surface area contributed by atoms with Crippen LogP contribution in [0.25, 0.3) is 0 Å². The highest BCUT2D eigenvalue weighted by atomic mass is 35.5. The van der Waals surface area contributed by atoms with E-state index in [9.17, 15) is 14.4 Å². The smallest absolute Gasteiger partial charge is 0.271 e. The zero-order chi connectivity index (χ0) is 9.46. The molecule has 66 valence electrons. The molecule has 0 N–H and O–H groups in total. The summed E-state index contributed by atoms with van der Waals surface area (Å²) >= 11 is 15.6. The number of urea groups is 1. The Morgan fingerprint density at radius 2 is 1.33 bits per heavy atom. The van der Waals surface area contributed by atoms with E-state index in [0.29, 0.717) is 0 Å². The van der Waals surface area contributed by atoms with E-state index in [-0.39, 0.29) is 8.84 Å². The van der Waals surface area contributed by atoms with Gasteiger partial charge in [-0.05, 0) is 0 Å². The van der Waals surface area contributed by atoms with E-state index in [4.69, 9.17) is 35.2 Å². The van der Waals surface area contributed by atoms with Crippen LogP contribution in [0.3, 0.4) is 0 Å². The van der Waals surface area contributed by atoms with E-state index < -0.39 is 23.2 Å². The number of rotatable bonds is 0. The number of carbonyl (C=O) groups is 3. The molecule has 1 aliphatic rings. The number of amides is 4. The van der Waals surface area contributed by atoms with Crippen molar-refractivity contribution in [3.63, 3.8) is 0 Å². The first kappa shape index (κ1) is 9.57. The summed E-state index contributed by atoms with van der Waals surface area (Å²) in [4.78, 5) is 32.4. The number of imide groups is 2. The Bertz CT molecular complexity index is 207. The second-order valence-electron chi connectivity index (χ2n) is 1.88. The predicted molar refractivity (Wildman–Crippen MR) is 40.4 cm³/mol. The van der Waals surface area contributed by atoms with E-state index in [1.54, 1.807) is 0 Å². The zero-order valence-corrected chi connectivity index (χ0v) is 7.60. The molecule has 0 unspecified atom stereocenters. The van der Waals surface area contributed by atoms with E-state index in [0.717, 1.165) is 0 Å². The van der Waals surface area contributed by atoms with Gasteiger partial charge in [-0.25, -0.2) is 4.79 Å². The van der Waals surface area contributed by atoms with Crippen molar-refractivity contribution in [2.24, 2.45) is 0 Å². The van der Waals surface area contributed by atoms with E-state index >= 15 is 0 Å². The number of barbiturate groups is 1. The maximum Gasteiger partial charge on any atom is 0.363 e. The fraction of sp³-hybridized carbons (Fsp3) is 0.250. The average molecular weight is 231 g/mol. The quantitative estimate of drug-likeness (QED) is 0.350. The van der Waals surface area contributed by atoms with Gasteiger partial charge in [-0.15, -0.1) is 11.6 Å². The van der Waals surface area contributed by atoms with Crippen LogP contribution in [0.2, 0.25) is 0 Å². The summed E-state index contributed by atoms with van der Waals surface area (Å²) in [5.74, 6) is -1.99. The summed E-state index contributed by atoms with van der Waals surface area (Å²) in [6, 6.07) is -1.12. The number of halogens is 3. The van der Waals surface area contributed by atoms with Gasteiger partial charge in [0, 0.05) is 23.6 Å². The maximum absolute atomic E-state index is 10.8. The van der Waals surface area contributed by atoms with Crippen LogP contribution in [0.5, 0.6) is 0 Å². The first-order valence-electron chi connectivity index (χ1n) is 2.64. The molecule has 0 bridgehead atoms. The predicted octanol–water partition coefficient (Wildman–Crippen LogP) is 0.692. The molecule has 0 aromatic heterocycles. The lowest BCUT2D eigenvalue weighted by Crippen LogP contribution is -2.53. The number of nitrogens with zero attached hydrogens (tertiary/aromatic N) is 2. The third kappa shape index (κ3) is 1.24. The van der Waals surface area contributed by atoms with Crippen LogP contribution in [-0.4, -0.2) is 32.1 Å². The van der Waals surface area contributed by atoms with Gasteiger partial charge in [0.25, 0.3) is 11.8 Å². The van der Waals surface area contributed by atoms with E-state index in [1.165, 1.54) is 0 Å². The van der Waals surface area contributed by atoms with Crippen molar-refractivity contribution < 1.29 is 14.4 Å². The Labute approximate surface area is 82.0 Å². The summed E-state index contributed by atoms with van der Waals surface area (Å²) in [6.07, 6.45) is 0. The Morgan fingerprint density at radius 1 is 1.00 bits per heavy atom. The minimum absolute atomic E-state index is 0.159. The summed E-state index contributed by atoms with van der Waals surface area (Å²) in [6.45, 7) is 0. The van der Waals surface area contributed by atoms with Gasteiger partial charge in [0.2, 0.25) is 0 Å². The van der Waals surface area contributed by atoms with Crippen LogP contribution in [0.15, 0.2) is 0 Å². The van der Waals surface area contributed by atoms with Crippen LogP contribution >= 0.6 is 35.2 Å². The third-order valence-corrected chi connectivity index (χ3v) is 2.15. The Balaban J connectivity index is 2.99. The molecule has 0 spiro atoms. The molecule has 0 aromatic rings. The number of alkyl halides is 1. The fourth-order valence-electron chi connectivity index (χ4n) is 0.570. The van der Waals surface area contributed by atoms with Crippen LogP contribution in [0.4, 0.5) is 4.79 Å². The first-order valence-corrected chi connectivity index (χ1v) is 3.75. The maximum atomic E-state index is 10.8. The first-order chi connectivity index (χ1) is 5.46. The molecular weight excluding hydrogens is 230 g/mol. The largest absolute Gasteiger partial charge is 0.363 e. The van der Waals surface area contributed by atoms with Crippen molar-refractivity contribution in [2.45, 2.75) is 5.38 Å². The highest BCUT2D eigenvalue weighted by molar-refractivity contribution is 6.53. The second kappa shape index (κ2) is 3.08. The van der Waals surface area contributed by atoms with Gasteiger partial charge < -0.3 is 0 Å². The van der Waals surface area contributed by atoms with Crippen molar-refractivity contribution in [3.05, 3.63) is 0 Å². The van der Waals surface area contributed by atoms with Crippen molar-refractivity contribution in [1.29, 1.82) is 0 Å². The van der Waals surface area contributed by atoms with Gasteiger partial charge in [0.15, 0.2) is 5.38 Å². The van der Waals surface area contributed by atoms with Crippen molar-refractivity contribution in [3.8, 4) is 0 Å². The molecule has 1 rings (SSSR count). The lowest BCUT2D eigenvalue weighted by molar-refractivity contribution is -0.136. The minimum atomic E-state index is -1.53. The normalized spacial score (nSPS) is 20.8. The molecule has 5 nitrogen and oxygen atoms in total. The van der Waals surface area contributed by atoms with Gasteiger partial charge in [-0.1, -0.05) is 0 Å². The number of hydrogen-bond acceptors (Lipinski definition) is 3. The summed E-state index contributed by atoms with van der Waals surface area (Å²) in [7, 11) is 0. The zero-order valence-electron chi connectivity index (χ0n) is 5.33. The second-order valence-corrected chi connectivity index (χ2v) is 3.00. The Hall–Kier alpha value is -0.520. The van der Waals surface area contributed by atoms with Gasteiger partial charge >= 0.3 is 6.03 Å². The molecule has 0 radical (unpaired) electrons. The Morgan fingerprint density at radius 3 is 1.67 bits per heavy atom. The molecule has 8 heteroatoms. The molecule has 0 aliphatic carbocycles. The van der Waals surface area contributed by atoms with Crippen molar-refractivity contribution >= 4 is 53.0 Å². The van der Waals surface area contributed by atoms with Crippen molar-refractivity contribution in [2.75, 3.05) is 0 Å². The highest BCUT2D eigenvalue weighted by Gasteiger charge is 2.44. The number of carbonyl (C=O) groups excluding carboxylic acids is 3. The molecular formula is C4HCl3N2O3. The van der Waals surface area contributed by atoms with Crippen LogP contribution < -0.4 is 0 Å². The molecule has 1 heterocycles. The molecule has 1 fully saturated rings. The molecule has 4 amide bonds. The lowest BCUT2D eigenvalue weighted by atomic mass is 10.3. The Kier molecular flexibility index (Phi) is 2.46. The molecule has 0 saturated carbocycles. The minimum Gasteiger partial charge on any atom is -0.271 e. The van der Waals surface area contributed by atoms with Gasteiger partial charge in [0.05, 0.1) is 0 Å². The topological polar surface area (TPSA) is 57.7 Å².